The fourth-order valence-corrected chi connectivity index (χ4v) is 9.59. The zero-order chi connectivity index (χ0) is 58.8. The number of rotatable bonds is 12. The number of aliphatic hydroxyl groups excluding tert-OH is 9. The molecule has 2 saturated heterocycles. The van der Waals surface area contributed by atoms with Crippen molar-refractivity contribution in [3.8, 4) is 0 Å². The summed E-state index contributed by atoms with van der Waals surface area (Å²) in [6, 6.07) is -2.29. The van der Waals surface area contributed by atoms with E-state index in [0.717, 1.165) is 0 Å². The van der Waals surface area contributed by atoms with Crippen LogP contribution in [0.15, 0.2) is 85.1 Å². The highest BCUT2D eigenvalue weighted by Crippen LogP contribution is 2.38. The minimum absolute atomic E-state index is 0.112. The number of hydrogen-bond acceptors (Lipinski definition) is 20. The Morgan fingerprint density at radius 1 is 0.734 bits per heavy atom. The van der Waals surface area contributed by atoms with Crippen molar-refractivity contribution in [2.75, 3.05) is 33.7 Å². The maximum absolute atomic E-state index is 14.0. The third-order valence-corrected chi connectivity index (χ3v) is 14.4. The SMILES string of the molecule is C[C@@H]1[C@H](O)[C@@H](C)C=CC=CC=CC=CC=CC=CC=C[C@H](O[C@@H]2O[C@H](C)[C@@H](O)[C@H](NC(=O)C(N)CCCN)[C@@H]2O)C[C@@H]2O[C@](O)(C[C@@H](O)C[C@@H](O)[C@H](O)CC[C@@H](O)C[C@@H](O)CC(=O)O[C@H]1C)C[C@H](O)[C@H]2C(=O)NCCCN(C)C. The lowest BCUT2D eigenvalue weighted by Crippen LogP contribution is -2.65. The first-order chi connectivity index (χ1) is 37.4. The molecule has 79 heavy (non-hydrogen) atoms. The Kier molecular flexibility index (Phi) is 31.3. The third-order valence-electron chi connectivity index (χ3n) is 14.4. The van der Waals surface area contributed by atoms with Crippen LogP contribution in [0.1, 0.15) is 98.3 Å². The Labute approximate surface area is 466 Å². The molecule has 0 radical (unpaired) electrons. The Balaban J connectivity index is 2.00. The monoisotopic (exact) mass is 1120 g/mol. The predicted molar refractivity (Wildman–Crippen MR) is 296 cm³/mol. The number of cyclic esters (lactones) is 1. The lowest BCUT2D eigenvalue weighted by molar-refractivity contribution is -0.307. The number of fused-ring (bicyclic) bond motifs is 2. The quantitative estimate of drug-likeness (QED) is 0.0897. The van der Waals surface area contributed by atoms with Gasteiger partial charge < -0.3 is 97.0 Å². The summed E-state index contributed by atoms with van der Waals surface area (Å²) in [5.41, 5.74) is 11.7. The molecule has 3 aliphatic heterocycles. The number of nitrogens with two attached hydrogens (primary N) is 2. The molecular weight excluding hydrogens is 1030 g/mol. The maximum atomic E-state index is 14.0. The van der Waals surface area contributed by atoms with Crippen LogP contribution >= 0.6 is 0 Å². The summed E-state index contributed by atoms with van der Waals surface area (Å²) >= 11 is 0. The standard InChI is InChI=1S/C57H95N5O17/c1-35-21-17-15-13-11-9-7-8-10-12-14-16-18-22-42(78-56-53(72)50(52(71)38(4)77-56)61-54(73)43(59)23-19-26-58)32-47-49(55(74)60-27-20-28-62(5)6)46(68)34-57(75,79-47)33-41(65)30-45(67)44(66)25-24-39(63)29-40(64)31-48(69)76-37(3)36(2)51(35)70/h7-18,21-22,35-47,49-53,56,63-68,70-72,75H,19-20,23-34,58-59H2,1-6H3,(H,60,74)(H,61,73)/t35-,36-,37-,38+,39+,40+,41-,42-,43?,44+,45+,46-,47-,49+,50-,51+,52+,53-,56-,57+/m0/s1. The van der Waals surface area contributed by atoms with Gasteiger partial charge >= 0.3 is 5.97 Å². The van der Waals surface area contributed by atoms with E-state index in [1.54, 1.807) is 74.6 Å². The smallest absolute Gasteiger partial charge is 0.308 e. The van der Waals surface area contributed by atoms with Gasteiger partial charge in [-0.25, -0.2) is 0 Å². The third kappa shape index (κ3) is 24.9. The van der Waals surface area contributed by atoms with Crippen molar-refractivity contribution in [1.29, 1.82) is 0 Å². The van der Waals surface area contributed by atoms with Crippen molar-refractivity contribution in [2.24, 2.45) is 29.2 Å². The van der Waals surface area contributed by atoms with Gasteiger partial charge in [0.1, 0.15) is 18.3 Å². The van der Waals surface area contributed by atoms with Gasteiger partial charge in [-0.3, -0.25) is 14.4 Å². The molecule has 3 rings (SSSR count). The Bertz CT molecular complexity index is 2020. The molecular formula is C57H95N5O17. The summed E-state index contributed by atoms with van der Waals surface area (Å²) in [7, 11) is 3.76. The number of nitrogens with one attached hydrogen (secondary N) is 2. The maximum Gasteiger partial charge on any atom is 0.308 e. The van der Waals surface area contributed by atoms with Crippen molar-refractivity contribution in [3.63, 3.8) is 0 Å². The molecule has 2 bridgehead atoms. The lowest BCUT2D eigenvalue weighted by atomic mass is 9.82. The van der Waals surface area contributed by atoms with Gasteiger partial charge in [-0.2, -0.15) is 0 Å². The minimum Gasteiger partial charge on any atom is -0.462 e. The van der Waals surface area contributed by atoms with Crippen LogP contribution in [0.3, 0.4) is 0 Å². The van der Waals surface area contributed by atoms with Crippen molar-refractivity contribution in [2.45, 2.75) is 202 Å². The first kappa shape index (κ1) is 69.2. The number of nitrogens with zero attached hydrogens (tertiary/aromatic N) is 1. The van der Waals surface area contributed by atoms with E-state index in [2.05, 4.69) is 10.6 Å². The molecule has 20 atom stereocenters. The molecule has 3 heterocycles. The highest BCUT2D eigenvalue weighted by atomic mass is 16.7. The van der Waals surface area contributed by atoms with E-state index in [-0.39, 0.29) is 44.6 Å². The number of allylic oxidation sites excluding steroid dienone is 12. The molecule has 0 spiro atoms. The second-order valence-corrected chi connectivity index (χ2v) is 21.7. The van der Waals surface area contributed by atoms with E-state index in [4.69, 9.17) is 30.4 Å². The predicted octanol–water partition coefficient (Wildman–Crippen LogP) is -0.0813. The fraction of sp³-hybridized carbons (Fsp3) is 0.702. The van der Waals surface area contributed by atoms with Crippen LogP contribution in [0.25, 0.3) is 0 Å². The summed E-state index contributed by atoms with van der Waals surface area (Å²) in [6.45, 7) is 7.91. The van der Waals surface area contributed by atoms with Gasteiger partial charge in [0.25, 0.3) is 0 Å². The molecule has 0 aromatic rings. The number of amides is 2. The van der Waals surface area contributed by atoms with Gasteiger partial charge in [-0.1, -0.05) is 98.9 Å². The second-order valence-electron chi connectivity index (χ2n) is 21.7. The van der Waals surface area contributed by atoms with E-state index in [1.165, 1.54) is 6.92 Å². The normalized spacial score (nSPS) is 37.1. The van der Waals surface area contributed by atoms with E-state index >= 15 is 0 Å². The average Bonchev–Trinajstić information content (AvgIpc) is 3.44. The summed E-state index contributed by atoms with van der Waals surface area (Å²) in [6.07, 6.45) is 4.56. The topological polar surface area (TPSA) is 370 Å². The highest BCUT2D eigenvalue weighted by Gasteiger charge is 2.51. The highest BCUT2D eigenvalue weighted by molar-refractivity contribution is 5.82. The molecule has 0 saturated carbocycles. The van der Waals surface area contributed by atoms with Gasteiger partial charge in [-0.05, 0) is 79.6 Å². The van der Waals surface area contributed by atoms with Crippen LogP contribution in [0.2, 0.25) is 0 Å². The van der Waals surface area contributed by atoms with Crippen molar-refractivity contribution in [3.05, 3.63) is 85.1 Å². The Hall–Kier alpha value is -4.05. The zero-order valence-corrected chi connectivity index (χ0v) is 46.9. The zero-order valence-electron chi connectivity index (χ0n) is 46.9. The molecule has 3 aliphatic rings. The van der Waals surface area contributed by atoms with Gasteiger partial charge in [0.05, 0.1) is 85.5 Å². The van der Waals surface area contributed by atoms with Gasteiger partial charge in [0.2, 0.25) is 11.8 Å². The van der Waals surface area contributed by atoms with Crippen LogP contribution in [0.4, 0.5) is 0 Å². The molecule has 2 amide bonds. The minimum atomic E-state index is -2.32. The molecule has 22 heteroatoms. The lowest BCUT2D eigenvalue weighted by Gasteiger charge is -2.46. The average molecular weight is 1120 g/mol. The van der Waals surface area contributed by atoms with Gasteiger partial charge in [-0.15, -0.1) is 0 Å². The Morgan fingerprint density at radius 3 is 1.95 bits per heavy atom. The Morgan fingerprint density at radius 2 is 1.34 bits per heavy atom. The van der Waals surface area contributed by atoms with Gasteiger partial charge in [0, 0.05) is 44.1 Å². The van der Waals surface area contributed by atoms with E-state index < -0.39 is 159 Å². The summed E-state index contributed by atoms with van der Waals surface area (Å²) in [5.74, 6) is -6.37. The molecule has 0 aromatic carbocycles. The molecule has 0 aromatic heterocycles. The fourth-order valence-electron chi connectivity index (χ4n) is 9.59. The molecule has 0 aliphatic carbocycles. The number of ether oxygens (including phenoxy) is 4. The van der Waals surface area contributed by atoms with E-state index in [0.29, 0.717) is 25.9 Å². The first-order valence-corrected chi connectivity index (χ1v) is 27.8. The van der Waals surface area contributed by atoms with Crippen molar-refractivity contribution in [1.82, 2.24) is 15.5 Å². The van der Waals surface area contributed by atoms with Crippen LogP contribution in [0.5, 0.6) is 0 Å². The van der Waals surface area contributed by atoms with E-state index in [1.807, 2.05) is 50.2 Å². The molecule has 1 unspecified atom stereocenters. The second kappa shape index (κ2) is 35.7. The van der Waals surface area contributed by atoms with Crippen molar-refractivity contribution < 1.29 is 84.4 Å². The number of aliphatic hydroxyl groups is 10. The number of carbonyl (C=O) groups excluding carboxylic acids is 3. The molecule has 450 valence electrons. The number of esters is 1. The largest absolute Gasteiger partial charge is 0.462 e. The van der Waals surface area contributed by atoms with Crippen molar-refractivity contribution >= 4 is 17.8 Å². The summed E-state index contributed by atoms with van der Waals surface area (Å²) in [5, 5.41) is 117. The number of carbonyl (C=O) groups is 3. The summed E-state index contributed by atoms with van der Waals surface area (Å²) in [4.78, 5) is 41.8. The van der Waals surface area contributed by atoms with Crippen LogP contribution in [-0.4, -0.2) is 211 Å². The summed E-state index contributed by atoms with van der Waals surface area (Å²) < 4.78 is 24.2. The molecule has 16 N–H and O–H groups in total. The van der Waals surface area contributed by atoms with Gasteiger partial charge in [0.15, 0.2) is 12.1 Å². The molecule has 22 nitrogen and oxygen atoms in total. The van der Waals surface area contributed by atoms with E-state index in [9.17, 15) is 65.4 Å². The van der Waals surface area contributed by atoms with Crippen LogP contribution in [-0.2, 0) is 33.3 Å². The van der Waals surface area contributed by atoms with Crippen LogP contribution in [0, 0.1) is 17.8 Å². The number of hydrogen-bond donors (Lipinski definition) is 14. The van der Waals surface area contributed by atoms with Crippen LogP contribution < -0.4 is 22.1 Å². The molecule has 2 fully saturated rings. The first-order valence-electron chi connectivity index (χ1n) is 27.8.